The van der Waals surface area contributed by atoms with E-state index >= 15 is 0 Å². The van der Waals surface area contributed by atoms with E-state index in [0.717, 1.165) is 5.56 Å². The predicted octanol–water partition coefficient (Wildman–Crippen LogP) is 2.05. The van der Waals surface area contributed by atoms with Crippen LogP contribution >= 0.6 is 0 Å². The molecular formula is C16H16FNO5S. The Morgan fingerprint density at radius 2 is 1.83 bits per heavy atom. The Labute approximate surface area is 139 Å². The van der Waals surface area contributed by atoms with Gasteiger partial charge in [0.05, 0.1) is 5.75 Å². The first kappa shape index (κ1) is 16.5. The van der Waals surface area contributed by atoms with E-state index in [2.05, 4.69) is 4.72 Å². The molecule has 3 rings (SSSR count). The van der Waals surface area contributed by atoms with E-state index in [0.29, 0.717) is 17.2 Å². The molecule has 1 aliphatic heterocycles. The maximum absolute atomic E-state index is 12.8. The molecule has 0 fully saturated rings. The summed E-state index contributed by atoms with van der Waals surface area (Å²) in [5, 5.41) is 0. The minimum absolute atomic E-state index is 0.0257. The van der Waals surface area contributed by atoms with Crippen molar-refractivity contribution in [3.63, 3.8) is 0 Å². The van der Waals surface area contributed by atoms with Gasteiger partial charge in [-0.2, -0.15) is 0 Å². The van der Waals surface area contributed by atoms with E-state index in [1.807, 2.05) is 0 Å². The van der Waals surface area contributed by atoms with Crippen LogP contribution in [0.3, 0.4) is 0 Å². The number of hydrogen-bond donors (Lipinski definition) is 1. The minimum atomic E-state index is -3.49. The van der Waals surface area contributed by atoms with Gasteiger partial charge in [-0.15, -0.1) is 0 Å². The topological polar surface area (TPSA) is 73.9 Å². The molecule has 0 aliphatic carbocycles. The summed E-state index contributed by atoms with van der Waals surface area (Å²) in [6, 6.07) is 10.6. The summed E-state index contributed by atoms with van der Waals surface area (Å²) in [6.07, 6.45) is 0. The molecule has 0 atom stereocenters. The summed E-state index contributed by atoms with van der Waals surface area (Å²) < 4.78 is 54.9. The Morgan fingerprint density at radius 3 is 2.62 bits per heavy atom. The molecule has 0 spiro atoms. The van der Waals surface area contributed by atoms with Gasteiger partial charge in [0.25, 0.3) is 0 Å². The van der Waals surface area contributed by atoms with Crippen LogP contribution in [-0.2, 0) is 16.6 Å². The molecule has 0 saturated carbocycles. The Kier molecular flexibility index (Phi) is 4.86. The molecule has 1 heterocycles. The second kappa shape index (κ2) is 7.06. The van der Waals surface area contributed by atoms with Crippen LogP contribution in [0, 0.1) is 5.82 Å². The first-order chi connectivity index (χ1) is 11.5. The summed E-state index contributed by atoms with van der Waals surface area (Å²) in [5.74, 6) is 1.10. The van der Waals surface area contributed by atoms with Gasteiger partial charge in [0.2, 0.25) is 16.8 Å². The average molecular weight is 353 g/mol. The fourth-order valence-electron chi connectivity index (χ4n) is 2.12. The van der Waals surface area contributed by atoms with E-state index in [1.54, 1.807) is 18.2 Å². The molecule has 0 saturated heterocycles. The highest BCUT2D eigenvalue weighted by atomic mass is 32.2. The molecule has 2 aromatic carbocycles. The highest BCUT2D eigenvalue weighted by Crippen LogP contribution is 2.32. The van der Waals surface area contributed by atoms with Gasteiger partial charge >= 0.3 is 0 Å². The number of benzene rings is 2. The van der Waals surface area contributed by atoms with Crippen molar-refractivity contribution >= 4 is 10.0 Å². The van der Waals surface area contributed by atoms with Crippen molar-refractivity contribution < 1.29 is 27.0 Å². The number of fused-ring (bicyclic) bond motifs is 1. The maximum Gasteiger partial charge on any atom is 0.231 e. The number of hydrogen-bond acceptors (Lipinski definition) is 5. The molecule has 0 unspecified atom stereocenters. The normalized spacial score (nSPS) is 13.0. The van der Waals surface area contributed by atoms with Crippen molar-refractivity contribution in [1.82, 2.24) is 4.72 Å². The molecule has 0 amide bonds. The first-order valence-electron chi connectivity index (χ1n) is 7.26. The van der Waals surface area contributed by atoms with Crippen molar-refractivity contribution in [3.05, 3.63) is 53.8 Å². The zero-order valence-electron chi connectivity index (χ0n) is 12.7. The monoisotopic (exact) mass is 353 g/mol. The number of nitrogens with one attached hydrogen (secondary N) is 1. The summed E-state index contributed by atoms with van der Waals surface area (Å²) >= 11 is 0. The lowest BCUT2D eigenvalue weighted by Gasteiger charge is -2.09. The van der Waals surface area contributed by atoms with E-state index in [4.69, 9.17) is 14.2 Å². The van der Waals surface area contributed by atoms with Crippen molar-refractivity contribution in [1.29, 1.82) is 0 Å². The number of sulfonamides is 1. The number of ether oxygens (including phenoxy) is 3. The van der Waals surface area contributed by atoms with Gasteiger partial charge in [-0.3, -0.25) is 0 Å². The van der Waals surface area contributed by atoms with Crippen LogP contribution in [0.2, 0.25) is 0 Å². The first-order valence-corrected chi connectivity index (χ1v) is 8.91. The van der Waals surface area contributed by atoms with Gasteiger partial charge in [0.1, 0.15) is 18.2 Å². The molecule has 0 aromatic heterocycles. The van der Waals surface area contributed by atoms with Crippen molar-refractivity contribution in [3.8, 4) is 17.2 Å². The largest absolute Gasteiger partial charge is 0.492 e. The van der Waals surface area contributed by atoms with Crippen LogP contribution in [0.4, 0.5) is 4.39 Å². The Hall–Kier alpha value is -2.32. The van der Waals surface area contributed by atoms with Gasteiger partial charge in [-0.1, -0.05) is 6.07 Å². The molecule has 8 heteroatoms. The van der Waals surface area contributed by atoms with Crippen LogP contribution in [0.5, 0.6) is 17.2 Å². The molecule has 24 heavy (non-hydrogen) atoms. The van der Waals surface area contributed by atoms with Crippen LogP contribution in [0.15, 0.2) is 42.5 Å². The van der Waals surface area contributed by atoms with E-state index in [1.165, 1.54) is 24.3 Å². The van der Waals surface area contributed by atoms with Crippen LogP contribution < -0.4 is 18.9 Å². The standard InChI is InChI=1S/C16H16FNO5S/c17-13-2-4-14(5-3-13)21-7-8-24(19,20)18-10-12-1-6-15-16(9-12)23-11-22-15/h1-6,9,18H,7-8,10-11H2. The third kappa shape index (κ3) is 4.36. The molecule has 0 bridgehead atoms. The van der Waals surface area contributed by atoms with Gasteiger partial charge in [0, 0.05) is 6.54 Å². The van der Waals surface area contributed by atoms with E-state index in [-0.39, 0.29) is 31.5 Å². The summed E-state index contributed by atoms with van der Waals surface area (Å²) in [4.78, 5) is 0. The van der Waals surface area contributed by atoms with E-state index in [9.17, 15) is 12.8 Å². The molecule has 1 N–H and O–H groups in total. The third-order valence-corrected chi connectivity index (χ3v) is 4.66. The van der Waals surface area contributed by atoms with Crippen molar-refractivity contribution in [2.24, 2.45) is 0 Å². The fourth-order valence-corrected chi connectivity index (χ4v) is 2.95. The Bertz CT molecular complexity index is 808. The van der Waals surface area contributed by atoms with Gasteiger partial charge in [-0.25, -0.2) is 17.5 Å². The van der Waals surface area contributed by atoms with Gasteiger partial charge in [0.15, 0.2) is 11.5 Å². The molecular weight excluding hydrogens is 337 g/mol. The second-order valence-corrected chi connectivity index (χ2v) is 7.06. The smallest absolute Gasteiger partial charge is 0.231 e. The zero-order valence-corrected chi connectivity index (χ0v) is 13.5. The molecule has 128 valence electrons. The highest BCUT2D eigenvalue weighted by molar-refractivity contribution is 7.89. The lowest BCUT2D eigenvalue weighted by Crippen LogP contribution is -2.28. The molecule has 0 radical (unpaired) electrons. The lowest BCUT2D eigenvalue weighted by atomic mass is 10.2. The van der Waals surface area contributed by atoms with E-state index < -0.39 is 10.0 Å². The Morgan fingerprint density at radius 1 is 1.08 bits per heavy atom. The molecule has 1 aliphatic rings. The molecule has 2 aromatic rings. The summed E-state index contributed by atoms with van der Waals surface area (Å²) in [7, 11) is -3.49. The van der Waals surface area contributed by atoms with Crippen LogP contribution in [0.1, 0.15) is 5.56 Å². The number of rotatable bonds is 7. The minimum Gasteiger partial charge on any atom is -0.492 e. The lowest BCUT2D eigenvalue weighted by molar-refractivity contribution is 0.174. The van der Waals surface area contributed by atoms with Crippen molar-refractivity contribution in [2.75, 3.05) is 19.2 Å². The van der Waals surface area contributed by atoms with Gasteiger partial charge in [-0.05, 0) is 42.0 Å². The van der Waals surface area contributed by atoms with Crippen LogP contribution in [-0.4, -0.2) is 27.6 Å². The third-order valence-electron chi connectivity index (χ3n) is 3.37. The maximum atomic E-state index is 12.8. The Balaban J connectivity index is 1.48. The predicted molar refractivity (Wildman–Crippen MR) is 85.1 cm³/mol. The van der Waals surface area contributed by atoms with Crippen molar-refractivity contribution in [2.45, 2.75) is 6.54 Å². The average Bonchev–Trinajstić information content (AvgIpc) is 3.02. The highest BCUT2D eigenvalue weighted by Gasteiger charge is 2.15. The quantitative estimate of drug-likeness (QED) is 0.825. The van der Waals surface area contributed by atoms with Gasteiger partial charge < -0.3 is 14.2 Å². The van der Waals surface area contributed by atoms with Crippen LogP contribution in [0.25, 0.3) is 0 Å². The second-order valence-electron chi connectivity index (χ2n) is 5.13. The zero-order chi connectivity index (χ0) is 17.0. The summed E-state index contributed by atoms with van der Waals surface area (Å²) in [5.41, 5.74) is 0.766. The number of halogens is 1. The summed E-state index contributed by atoms with van der Waals surface area (Å²) in [6.45, 7) is 0.295. The SMILES string of the molecule is O=S(=O)(CCOc1ccc(F)cc1)NCc1ccc2c(c1)OCO2. The molecule has 6 nitrogen and oxygen atoms in total. The fraction of sp³-hybridized carbons (Fsp3) is 0.250.